The predicted octanol–water partition coefficient (Wildman–Crippen LogP) is 1.31. The van der Waals surface area contributed by atoms with Crippen LogP contribution in [0.5, 0.6) is 0 Å². The Morgan fingerprint density at radius 1 is 1.21 bits per heavy atom. The van der Waals surface area contributed by atoms with Crippen molar-refractivity contribution in [1.82, 2.24) is 5.32 Å². The largest absolute Gasteiger partial charge is 0.396 e. The van der Waals surface area contributed by atoms with E-state index < -0.39 is 0 Å². The number of nitrogens with one attached hydrogen (secondary N) is 1. The summed E-state index contributed by atoms with van der Waals surface area (Å²) in [5.41, 5.74) is 0. The van der Waals surface area contributed by atoms with Gasteiger partial charge in [-0.3, -0.25) is 4.79 Å². The van der Waals surface area contributed by atoms with Crippen molar-refractivity contribution >= 4 is 5.91 Å². The molecule has 1 amide bonds. The summed E-state index contributed by atoms with van der Waals surface area (Å²) in [7, 11) is 0. The van der Waals surface area contributed by atoms with Crippen molar-refractivity contribution in [2.45, 2.75) is 39.5 Å². The topological polar surface area (TPSA) is 49.3 Å². The van der Waals surface area contributed by atoms with Gasteiger partial charge in [-0.05, 0) is 12.8 Å². The minimum atomic E-state index is 0. The van der Waals surface area contributed by atoms with Crippen molar-refractivity contribution in [3.05, 3.63) is 0 Å². The van der Waals surface area contributed by atoms with Crippen LogP contribution in [0, 0.1) is 5.92 Å². The molecule has 0 heterocycles. The van der Waals surface area contributed by atoms with Crippen LogP contribution in [0.1, 0.15) is 39.5 Å². The van der Waals surface area contributed by atoms with E-state index >= 15 is 0 Å². The summed E-state index contributed by atoms with van der Waals surface area (Å²) >= 11 is 0. The number of rotatable bonds is 7. The van der Waals surface area contributed by atoms with Gasteiger partial charge in [-0.2, -0.15) is 0 Å². The van der Waals surface area contributed by atoms with Crippen LogP contribution in [-0.2, 0) is 23.4 Å². The molecule has 4 heteroatoms. The number of hydrogen-bond acceptors (Lipinski definition) is 2. The van der Waals surface area contributed by atoms with Crippen LogP contribution in [0.25, 0.3) is 0 Å². The number of carbonyl (C=O) groups excluding carboxylic acids is 1. The Hall–Kier alpha value is 0.0144. The molecule has 0 saturated carbocycles. The first-order chi connectivity index (χ1) is 6.18. The number of unbranched alkanes of at least 4 members (excludes halogenated alkanes) is 3. The molecular formula is C10H21NO2V. The Morgan fingerprint density at radius 2 is 1.79 bits per heavy atom. The van der Waals surface area contributed by atoms with Crippen molar-refractivity contribution in [3.63, 3.8) is 0 Å². The molecule has 0 aliphatic rings. The molecule has 0 saturated heterocycles. The van der Waals surface area contributed by atoms with Gasteiger partial charge in [0.05, 0.1) is 0 Å². The van der Waals surface area contributed by atoms with E-state index in [1.54, 1.807) is 0 Å². The second kappa shape index (κ2) is 11.1. The van der Waals surface area contributed by atoms with E-state index in [-0.39, 0.29) is 37.0 Å². The molecule has 2 N–H and O–H groups in total. The summed E-state index contributed by atoms with van der Waals surface area (Å²) in [4.78, 5) is 11.1. The van der Waals surface area contributed by atoms with Crippen LogP contribution in [0.15, 0.2) is 0 Å². The average Bonchev–Trinajstić information content (AvgIpc) is 2.10. The molecule has 3 nitrogen and oxygen atoms in total. The molecular weight excluding hydrogens is 217 g/mol. The van der Waals surface area contributed by atoms with Crippen molar-refractivity contribution < 1.29 is 28.5 Å². The van der Waals surface area contributed by atoms with Gasteiger partial charge in [0.15, 0.2) is 0 Å². The van der Waals surface area contributed by atoms with Crippen molar-refractivity contribution in [2.75, 3.05) is 13.2 Å². The van der Waals surface area contributed by atoms with E-state index in [1.807, 2.05) is 13.8 Å². The molecule has 0 aromatic carbocycles. The number of aliphatic hydroxyl groups excluding tert-OH is 1. The Morgan fingerprint density at radius 3 is 2.29 bits per heavy atom. The van der Waals surface area contributed by atoms with Crippen LogP contribution in [-0.4, -0.2) is 24.2 Å². The van der Waals surface area contributed by atoms with Gasteiger partial charge >= 0.3 is 0 Å². The predicted molar refractivity (Wildman–Crippen MR) is 53.4 cm³/mol. The minimum Gasteiger partial charge on any atom is -0.396 e. The Bertz CT molecular complexity index is 140. The maximum absolute atomic E-state index is 11.1. The van der Waals surface area contributed by atoms with Gasteiger partial charge in [0.1, 0.15) is 0 Å². The normalized spacial score (nSPS) is 9.71. The zero-order valence-electron chi connectivity index (χ0n) is 9.12. The van der Waals surface area contributed by atoms with Gasteiger partial charge in [-0.1, -0.05) is 26.7 Å². The van der Waals surface area contributed by atoms with Gasteiger partial charge in [0, 0.05) is 37.6 Å². The van der Waals surface area contributed by atoms with Gasteiger partial charge in [0.2, 0.25) is 5.91 Å². The molecule has 83 valence electrons. The summed E-state index contributed by atoms with van der Waals surface area (Å²) in [5.74, 6) is 0.208. The average molecular weight is 238 g/mol. The maximum atomic E-state index is 11.1. The first-order valence-corrected chi connectivity index (χ1v) is 5.07. The molecule has 1 radical (unpaired) electrons. The number of carbonyl (C=O) groups is 1. The third kappa shape index (κ3) is 10.1. The zero-order chi connectivity index (χ0) is 10.1. The fourth-order valence-electron chi connectivity index (χ4n) is 1.01. The van der Waals surface area contributed by atoms with Crippen LogP contribution in [0.2, 0.25) is 0 Å². The summed E-state index contributed by atoms with van der Waals surface area (Å²) in [6.07, 6.45) is 4.02. The summed E-state index contributed by atoms with van der Waals surface area (Å²) in [6, 6.07) is 0. The maximum Gasteiger partial charge on any atom is 0.222 e. The first kappa shape index (κ1) is 16.4. The fraction of sp³-hybridized carbons (Fsp3) is 0.900. The SMILES string of the molecule is CC(C)C(=O)NCCCCCCO.[V]. The van der Waals surface area contributed by atoms with E-state index in [0.717, 1.165) is 32.2 Å². The molecule has 0 aliphatic heterocycles. The van der Waals surface area contributed by atoms with Crippen LogP contribution >= 0.6 is 0 Å². The summed E-state index contributed by atoms with van der Waals surface area (Å²) in [6.45, 7) is 4.82. The number of aliphatic hydroxyl groups is 1. The molecule has 0 rings (SSSR count). The smallest absolute Gasteiger partial charge is 0.222 e. The monoisotopic (exact) mass is 238 g/mol. The second-order valence-corrected chi connectivity index (χ2v) is 3.58. The molecule has 0 unspecified atom stereocenters. The third-order valence-corrected chi connectivity index (χ3v) is 1.91. The standard InChI is InChI=1S/C10H21NO2.V/c1-9(2)10(13)11-7-5-3-4-6-8-12;/h9,12H,3-8H2,1-2H3,(H,11,13);. The molecule has 0 bridgehead atoms. The van der Waals surface area contributed by atoms with Crippen LogP contribution in [0.3, 0.4) is 0 Å². The number of hydrogen-bond donors (Lipinski definition) is 2. The molecule has 0 aromatic heterocycles. The molecule has 0 aliphatic carbocycles. The van der Waals surface area contributed by atoms with E-state index in [4.69, 9.17) is 5.11 Å². The van der Waals surface area contributed by atoms with Gasteiger partial charge in [0.25, 0.3) is 0 Å². The van der Waals surface area contributed by atoms with Crippen LogP contribution < -0.4 is 5.32 Å². The second-order valence-electron chi connectivity index (χ2n) is 3.58. The molecule has 14 heavy (non-hydrogen) atoms. The summed E-state index contributed by atoms with van der Waals surface area (Å²) < 4.78 is 0. The van der Waals surface area contributed by atoms with Crippen molar-refractivity contribution in [3.8, 4) is 0 Å². The zero-order valence-corrected chi connectivity index (χ0v) is 10.5. The van der Waals surface area contributed by atoms with Crippen molar-refractivity contribution in [1.29, 1.82) is 0 Å². The third-order valence-electron chi connectivity index (χ3n) is 1.91. The van der Waals surface area contributed by atoms with E-state index in [0.29, 0.717) is 0 Å². The van der Waals surface area contributed by atoms with Gasteiger partial charge in [-0.25, -0.2) is 0 Å². The quantitative estimate of drug-likeness (QED) is 0.657. The van der Waals surface area contributed by atoms with E-state index in [1.165, 1.54) is 0 Å². The van der Waals surface area contributed by atoms with Crippen molar-refractivity contribution in [2.24, 2.45) is 5.92 Å². The van der Waals surface area contributed by atoms with Gasteiger partial charge < -0.3 is 10.4 Å². The Kier molecular flexibility index (Phi) is 13.0. The number of amides is 1. The molecule has 0 fully saturated rings. The Labute approximate surface area is 98.5 Å². The Balaban J connectivity index is 0. The van der Waals surface area contributed by atoms with E-state index in [9.17, 15) is 4.79 Å². The first-order valence-electron chi connectivity index (χ1n) is 5.07. The van der Waals surface area contributed by atoms with Crippen LogP contribution in [0.4, 0.5) is 0 Å². The molecule has 0 atom stereocenters. The fourth-order valence-corrected chi connectivity index (χ4v) is 1.01. The molecule has 0 spiro atoms. The van der Waals surface area contributed by atoms with E-state index in [2.05, 4.69) is 5.32 Å². The molecule has 0 aromatic rings. The minimum absolute atomic E-state index is 0. The summed E-state index contributed by atoms with van der Waals surface area (Å²) in [5, 5.41) is 11.4. The van der Waals surface area contributed by atoms with Gasteiger partial charge in [-0.15, -0.1) is 0 Å².